The fraction of sp³-hybridized carbons (Fsp3) is 0.600. The van der Waals surface area contributed by atoms with Crippen molar-refractivity contribution in [2.45, 2.75) is 27.7 Å². The van der Waals surface area contributed by atoms with Gasteiger partial charge in [-0.2, -0.15) is 0 Å². The quantitative estimate of drug-likeness (QED) is 0.909. The molecule has 2 heterocycles. The molecule has 1 aliphatic heterocycles. The van der Waals surface area contributed by atoms with Gasteiger partial charge in [-0.25, -0.2) is 0 Å². The van der Waals surface area contributed by atoms with Gasteiger partial charge in [0.25, 0.3) is 5.91 Å². The van der Waals surface area contributed by atoms with Crippen LogP contribution in [0.1, 0.15) is 36.8 Å². The van der Waals surface area contributed by atoms with Gasteiger partial charge in [-0.3, -0.25) is 9.78 Å². The SMILES string of the molecule is CCNc1cc(C)ncc1C(=O)N1CC(C)C(C)C1. The molecule has 104 valence electrons. The number of anilines is 1. The second-order valence-electron chi connectivity index (χ2n) is 5.57. The van der Waals surface area contributed by atoms with Gasteiger partial charge in [0.05, 0.1) is 11.3 Å². The number of carbonyl (C=O) groups is 1. The molecule has 2 unspecified atom stereocenters. The average Bonchev–Trinajstić information content (AvgIpc) is 2.70. The largest absolute Gasteiger partial charge is 0.385 e. The summed E-state index contributed by atoms with van der Waals surface area (Å²) in [5.41, 5.74) is 2.51. The summed E-state index contributed by atoms with van der Waals surface area (Å²) in [6, 6.07) is 1.94. The fourth-order valence-electron chi connectivity index (χ4n) is 2.53. The fourth-order valence-corrected chi connectivity index (χ4v) is 2.53. The van der Waals surface area contributed by atoms with Gasteiger partial charge < -0.3 is 10.2 Å². The van der Waals surface area contributed by atoms with E-state index in [0.717, 1.165) is 31.0 Å². The normalized spacial score (nSPS) is 22.6. The summed E-state index contributed by atoms with van der Waals surface area (Å²) in [6.07, 6.45) is 1.70. The van der Waals surface area contributed by atoms with Crippen molar-refractivity contribution in [2.24, 2.45) is 11.8 Å². The summed E-state index contributed by atoms with van der Waals surface area (Å²) < 4.78 is 0. The molecule has 2 rings (SSSR count). The summed E-state index contributed by atoms with van der Waals surface area (Å²) in [5.74, 6) is 1.24. The van der Waals surface area contributed by atoms with E-state index in [1.165, 1.54) is 0 Å². The molecular weight excluding hydrogens is 238 g/mol. The van der Waals surface area contributed by atoms with Gasteiger partial charge in [-0.05, 0) is 31.7 Å². The summed E-state index contributed by atoms with van der Waals surface area (Å²) in [4.78, 5) is 18.8. The van der Waals surface area contributed by atoms with E-state index in [0.29, 0.717) is 17.4 Å². The van der Waals surface area contributed by atoms with E-state index < -0.39 is 0 Å². The lowest BCUT2D eigenvalue weighted by Gasteiger charge is -2.18. The van der Waals surface area contributed by atoms with Crippen LogP contribution in [0.3, 0.4) is 0 Å². The first-order chi connectivity index (χ1) is 9.02. The number of pyridine rings is 1. The summed E-state index contributed by atoms with van der Waals surface area (Å²) in [6.45, 7) is 10.9. The van der Waals surface area contributed by atoms with Crippen LogP contribution in [0.4, 0.5) is 5.69 Å². The van der Waals surface area contributed by atoms with Crippen LogP contribution in [0.15, 0.2) is 12.3 Å². The first-order valence-corrected chi connectivity index (χ1v) is 7.02. The molecule has 1 fully saturated rings. The van der Waals surface area contributed by atoms with E-state index in [9.17, 15) is 4.79 Å². The third kappa shape index (κ3) is 2.88. The second kappa shape index (κ2) is 5.59. The van der Waals surface area contributed by atoms with Gasteiger partial charge in [-0.1, -0.05) is 13.8 Å². The first kappa shape index (κ1) is 13.8. The van der Waals surface area contributed by atoms with Gasteiger partial charge in [-0.15, -0.1) is 0 Å². The van der Waals surface area contributed by atoms with Crippen LogP contribution in [0.5, 0.6) is 0 Å². The third-order valence-corrected chi connectivity index (χ3v) is 3.91. The number of nitrogens with one attached hydrogen (secondary N) is 1. The van der Waals surface area contributed by atoms with Gasteiger partial charge in [0.2, 0.25) is 0 Å². The molecule has 1 aromatic rings. The van der Waals surface area contributed by atoms with Gasteiger partial charge >= 0.3 is 0 Å². The minimum atomic E-state index is 0.0969. The first-order valence-electron chi connectivity index (χ1n) is 7.02. The second-order valence-corrected chi connectivity index (χ2v) is 5.57. The maximum atomic E-state index is 12.6. The predicted octanol–water partition coefficient (Wildman–Crippen LogP) is 2.55. The number of hydrogen-bond acceptors (Lipinski definition) is 3. The number of hydrogen-bond donors (Lipinski definition) is 1. The number of amides is 1. The van der Waals surface area contributed by atoms with Crippen molar-refractivity contribution in [2.75, 3.05) is 25.0 Å². The van der Waals surface area contributed by atoms with E-state index >= 15 is 0 Å². The van der Waals surface area contributed by atoms with Crippen LogP contribution < -0.4 is 5.32 Å². The van der Waals surface area contributed by atoms with Crippen LogP contribution >= 0.6 is 0 Å². The zero-order valence-electron chi connectivity index (χ0n) is 12.2. The highest BCUT2D eigenvalue weighted by Gasteiger charge is 2.30. The van der Waals surface area contributed by atoms with Crippen LogP contribution in [0.2, 0.25) is 0 Å². The number of likely N-dealkylation sites (tertiary alicyclic amines) is 1. The average molecular weight is 261 g/mol. The topological polar surface area (TPSA) is 45.2 Å². The van der Waals surface area contributed by atoms with E-state index in [-0.39, 0.29) is 5.91 Å². The predicted molar refractivity (Wildman–Crippen MR) is 77.4 cm³/mol. The standard InChI is InChI=1S/C15H23N3O/c1-5-16-14-6-12(4)17-7-13(14)15(19)18-8-10(2)11(3)9-18/h6-7,10-11H,5,8-9H2,1-4H3,(H,16,17). The summed E-state index contributed by atoms with van der Waals surface area (Å²) >= 11 is 0. The smallest absolute Gasteiger partial charge is 0.257 e. The van der Waals surface area contributed by atoms with Gasteiger partial charge in [0.15, 0.2) is 0 Å². The Balaban J connectivity index is 2.24. The zero-order valence-corrected chi connectivity index (χ0v) is 12.2. The lowest BCUT2D eigenvalue weighted by molar-refractivity contribution is 0.0785. The van der Waals surface area contributed by atoms with Crippen molar-refractivity contribution >= 4 is 11.6 Å². The molecule has 4 heteroatoms. The molecule has 1 aliphatic rings. The number of aryl methyl sites for hydroxylation is 1. The summed E-state index contributed by atoms with van der Waals surface area (Å²) in [7, 11) is 0. The van der Waals surface area contributed by atoms with Crippen molar-refractivity contribution in [1.82, 2.24) is 9.88 Å². The van der Waals surface area contributed by atoms with E-state index in [2.05, 4.69) is 24.1 Å². The maximum absolute atomic E-state index is 12.6. The van der Waals surface area contributed by atoms with E-state index in [4.69, 9.17) is 0 Å². The molecule has 19 heavy (non-hydrogen) atoms. The molecule has 0 radical (unpaired) electrons. The molecule has 0 spiro atoms. The third-order valence-electron chi connectivity index (χ3n) is 3.91. The van der Waals surface area contributed by atoms with Crippen molar-refractivity contribution in [3.05, 3.63) is 23.5 Å². The molecule has 0 bridgehead atoms. The molecule has 1 saturated heterocycles. The minimum Gasteiger partial charge on any atom is -0.385 e. The Morgan fingerprint density at radius 1 is 1.42 bits per heavy atom. The molecule has 2 atom stereocenters. The van der Waals surface area contributed by atoms with Crippen molar-refractivity contribution in [1.29, 1.82) is 0 Å². The Bertz CT molecular complexity index is 462. The highest BCUT2D eigenvalue weighted by Crippen LogP contribution is 2.26. The Kier molecular flexibility index (Phi) is 4.08. The number of carbonyl (C=O) groups excluding carboxylic acids is 1. The highest BCUT2D eigenvalue weighted by atomic mass is 16.2. The molecule has 1 aromatic heterocycles. The lowest BCUT2D eigenvalue weighted by Crippen LogP contribution is -2.29. The van der Waals surface area contributed by atoms with Gasteiger partial charge in [0, 0.05) is 31.5 Å². The minimum absolute atomic E-state index is 0.0969. The molecule has 0 aliphatic carbocycles. The van der Waals surface area contributed by atoms with Crippen LogP contribution in [-0.4, -0.2) is 35.4 Å². The molecule has 1 N–H and O–H groups in total. The van der Waals surface area contributed by atoms with E-state index in [1.807, 2.05) is 24.8 Å². The van der Waals surface area contributed by atoms with E-state index in [1.54, 1.807) is 6.20 Å². The number of rotatable bonds is 3. The molecule has 0 aromatic carbocycles. The molecule has 0 saturated carbocycles. The van der Waals surface area contributed by atoms with Crippen molar-refractivity contribution in [3.8, 4) is 0 Å². The molecular formula is C15H23N3O. The van der Waals surface area contributed by atoms with Crippen LogP contribution in [0.25, 0.3) is 0 Å². The Morgan fingerprint density at radius 2 is 2.05 bits per heavy atom. The number of nitrogens with zero attached hydrogens (tertiary/aromatic N) is 2. The summed E-state index contributed by atoms with van der Waals surface area (Å²) in [5, 5.41) is 3.26. The van der Waals surface area contributed by atoms with Crippen LogP contribution in [-0.2, 0) is 0 Å². The highest BCUT2D eigenvalue weighted by molar-refractivity contribution is 5.99. The Morgan fingerprint density at radius 3 is 2.63 bits per heavy atom. The van der Waals surface area contributed by atoms with Crippen LogP contribution in [0, 0.1) is 18.8 Å². The number of aromatic nitrogens is 1. The Hall–Kier alpha value is -1.58. The van der Waals surface area contributed by atoms with Gasteiger partial charge in [0.1, 0.15) is 0 Å². The Labute approximate surface area is 115 Å². The van der Waals surface area contributed by atoms with Crippen molar-refractivity contribution in [3.63, 3.8) is 0 Å². The van der Waals surface area contributed by atoms with Crippen molar-refractivity contribution < 1.29 is 4.79 Å². The zero-order chi connectivity index (χ0) is 14.0. The lowest BCUT2D eigenvalue weighted by atomic mass is 10.0. The molecule has 4 nitrogen and oxygen atoms in total. The molecule has 1 amide bonds. The monoisotopic (exact) mass is 261 g/mol. The maximum Gasteiger partial charge on any atom is 0.257 e.